The number of carbonyl (C=O) groups is 2. The number of nitrogens with zero attached hydrogens (tertiary/aromatic N) is 3. The van der Waals surface area contributed by atoms with Crippen LogP contribution in [0.1, 0.15) is 17.4 Å². The normalized spacial score (nSPS) is 15.5. The van der Waals surface area contributed by atoms with Gasteiger partial charge in [-0.3, -0.25) is 9.59 Å². The van der Waals surface area contributed by atoms with E-state index in [0.29, 0.717) is 37.6 Å². The summed E-state index contributed by atoms with van der Waals surface area (Å²) >= 11 is 1.34. The van der Waals surface area contributed by atoms with Gasteiger partial charge >= 0.3 is 0 Å². The monoisotopic (exact) mass is 395 g/mol. The molecule has 28 heavy (non-hydrogen) atoms. The lowest BCUT2D eigenvalue weighted by atomic mass is 10.2. The van der Waals surface area contributed by atoms with Crippen molar-refractivity contribution in [1.29, 1.82) is 0 Å². The van der Waals surface area contributed by atoms with E-state index < -0.39 is 6.10 Å². The number of para-hydroxylation sites is 1. The van der Waals surface area contributed by atoms with E-state index in [9.17, 15) is 9.59 Å². The fourth-order valence-electron chi connectivity index (χ4n) is 3.33. The van der Waals surface area contributed by atoms with Gasteiger partial charge in [0, 0.05) is 31.6 Å². The van der Waals surface area contributed by atoms with Gasteiger partial charge in [-0.25, -0.2) is 0 Å². The molecule has 1 saturated heterocycles. The van der Waals surface area contributed by atoms with E-state index in [1.807, 2.05) is 54.6 Å². The van der Waals surface area contributed by atoms with Crippen LogP contribution in [0.5, 0.6) is 5.75 Å². The maximum Gasteiger partial charge on any atom is 0.274 e. The van der Waals surface area contributed by atoms with Gasteiger partial charge in [-0.15, -0.1) is 0 Å². The second kappa shape index (κ2) is 7.98. The first-order valence-corrected chi connectivity index (χ1v) is 10.0. The second-order valence-corrected chi connectivity index (χ2v) is 7.52. The summed E-state index contributed by atoms with van der Waals surface area (Å²) in [6, 6.07) is 17.1. The molecule has 1 atom stereocenters. The molecule has 6 nitrogen and oxygen atoms in total. The number of aromatic nitrogens is 1. The highest BCUT2D eigenvalue weighted by Crippen LogP contribution is 2.24. The third-order valence-corrected chi connectivity index (χ3v) is 5.69. The van der Waals surface area contributed by atoms with Crippen LogP contribution in [-0.4, -0.2) is 58.3 Å². The van der Waals surface area contributed by atoms with Gasteiger partial charge in [0.25, 0.3) is 11.8 Å². The van der Waals surface area contributed by atoms with Crippen LogP contribution < -0.4 is 4.74 Å². The minimum atomic E-state index is -0.563. The Morgan fingerprint density at radius 3 is 2.36 bits per heavy atom. The molecule has 0 saturated carbocycles. The van der Waals surface area contributed by atoms with Gasteiger partial charge in [0.05, 0.1) is 4.70 Å². The lowest BCUT2D eigenvalue weighted by molar-refractivity contribution is -0.139. The quantitative estimate of drug-likeness (QED) is 0.681. The number of ether oxygens (including phenoxy) is 1. The standard InChI is InChI=1S/C21H21N3O3S/c1-15(27-16-7-3-2-4-8-16)20(25)23-11-13-24(14-12-23)21(26)19-17-9-5-6-10-18(17)28-22-19/h2-10,15H,11-14H2,1H3. The molecule has 1 aliphatic rings. The molecule has 1 aliphatic heterocycles. The summed E-state index contributed by atoms with van der Waals surface area (Å²) in [4.78, 5) is 29.1. The fraction of sp³-hybridized carbons (Fsp3) is 0.286. The van der Waals surface area contributed by atoms with Crippen LogP contribution in [0, 0.1) is 0 Å². The van der Waals surface area contributed by atoms with E-state index in [4.69, 9.17) is 4.74 Å². The molecule has 0 bridgehead atoms. The Kier molecular flexibility index (Phi) is 5.25. The molecule has 1 aromatic heterocycles. The fourth-order valence-corrected chi connectivity index (χ4v) is 4.10. The van der Waals surface area contributed by atoms with Gasteiger partial charge in [0.1, 0.15) is 11.4 Å². The van der Waals surface area contributed by atoms with Crippen LogP contribution in [0.25, 0.3) is 10.1 Å². The van der Waals surface area contributed by atoms with Gasteiger partial charge in [-0.2, -0.15) is 4.37 Å². The van der Waals surface area contributed by atoms with Crippen molar-refractivity contribution < 1.29 is 14.3 Å². The second-order valence-electron chi connectivity index (χ2n) is 6.72. The van der Waals surface area contributed by atoms with Crippen molar-refractivity contribution in [1.82, 2.24) is 14.2 Å². The molecule has 4 rings (SSSR count). The third kappa shape index (κ3) is 3.71. The molecular weight excluding hydrogens is 374 g/mol. The van der Waals surface area contributed by atoms with Crippen molar-refractivity contribution in [2.45, 2.75) is 13.0 Å². The largest absolute Gasteiger partial charge is 0.481 e. The van der Waals surface area contributed by atoms with Crippen LogP contribution in [-0.2, 0) is 4.79 Å². The predicted octanol–water partition coefficient (Wildman–Crippen LogP) is 3.05. The Morgan fingerprint density at radius 1 is 0.964 bits per heavy atom. The first-order chi connectivity index (χ1) is 13.6. The average molecular weight is 395 g/mol. The zero-order valence-electron chi connectivity index (χ0n) is 15.6. The van der Waals surface area contributed by atoms with Crippen molar-refractivity contribution in [3.63, 3.8) is 0 Å². The highest BCUT2D eigenvalue weighted by molar-refractivity contribution is 7.13. The molecule has 2 aromatic carbocycles. The Hall–Kier alpha value is -2.93. The summed E-state index contributed by atoms with van der Waals surface area (Å²) in [6.45, 7) is 3.74. The summed E-state index contributed by atoms with van der Waals surface area (Å²) in [6.07, 6.45) is -0.563. The number of carbonyl (C=O) groups excluding carboxylic acids is 2. The van der Waals surface area contributed by atoms with Crippen molar-refractivity contribution in [2.75, 3.05) is 26.2 Å². The topological polar surface area (TPSA) is 62.7 Å². The number of piperazine rings is 1. The van der Waals surface area contributed by atoms with Crippen molar-refractivity contribution in [3.05, 3.63) is 60.3 Å². The van der Waals surface area contributed by atoms with Crippen LogP contribution in [0.3, 0.4) is 0 Å². The molecule has 3 aromatic rings. The van der Waals surface area contributed by atoms with E-state index in [1.165, 1.54) is 11.5 Å². The Balaban J connectivity index is 1.36. The SMILES string of the molecule is CC(Oc1ccccc1)C(=O)N1CCN(C(=O)c2nsc3ccccc23)CC1. The van der Waals surface area contributed by atoms with Gasteiger partial charge in [-0.1, -0.05) is 36.4 Å². The summed E-state index contributed by atoms with van der Waals surface area (Å²) in [7, 11) is 0. The summed E-state index contributed by atoms with van der Waals surface area (Å²) in [5.41, 5.74) is 0.501. The average Bonchev–Trinajstić information content (AvgIpc) is 3.17. The number of benzene rings is 2. The van der Waals surface area contributed by atoms with Crippen LogP contribution in [0.2, 0.25) is 0 Å². The molecule has 144 valence electrons. The van der Waals surface area contributed by atoms with E-state index in [2.05, 4.69) is 4.37 Å². The molecule has 0 spiro atoms. The van der Waals surface area contributed by atoms with Crippen LogP contribution in [0.15, 0.2) is 54.6 Å². The number of fused-ring (bicyclic) bond motifs is 1. The van der Waals surface area contributed by atoms with Gasteiger partial charge in [-0.05, 0) is 36.7 Å². The molecule has 2 heterocycles. The molecule has 2 amide bonds. The van der Waals surface area contributed by atoms with E-state index >= 15 is 0 Å². The Labute approximate surface area is 167 Å². The lowest BCUT2D eigenvalue weighted by Crippen LogP contribution is -2.53. The van der Waals surface area contributed by atoms with Crippen molar-refractivity contribution in [3.8, 4) is 5.75 Å². The van der Waals surface area contributed by atoms with Gasteiger partial charge < -0.3 is 14.5 Å². The number of amides is 2. The van der Waals surface area contributed by atoms with Crippen molar-refractivity contribution >= 4 is 33.4 Å². The zero-order chi connectivity index (χ0) is 19.5. The molecule has 0 aliphatic carbocycles. The summed E-state index contributed by atoms with van der Waals surface area (Å²) < 4.78 is 11.1. The number of hydrogen-bond donors (Lipinski definition) is 0. The minimum absolute atomic E-state index is 0.0601. The van der Waals surface area contributed by atoms with Crippen molar-refractivity contribution in [2.24, 2.45) is 0 Å². The first kappa shape index (κ1) is 18.4. The third-order valence-electron chi connectivity index (χ3n) is 4.86. The molecule has 1 fully saturated rings. The smallest absolute Gasteiger partial charge is 0.274 e. The molecule has 1 unspecified atom stereocenters. The molecule has 0 N–H and O–H groups in total. The van der Waals surface area contributed by atoms with Gasteiger partial charge in [0.15, 0.2) is 6.10 Å². The Morgan fingerprint density at radius 2 is 1.61 bits per heavy atom. The highest BCUT2D eigenvalue weighted by atomic mass is 32.1. The summed E-state index contributed by atoms with van der Waals surface area (Å²) in [5.74, 6) is 0.542. The first-order valence-electron chi connectivity index (χ1n) is 9.27. The van der Waals surface area contributed by atoms with Crippen LogP contribution >= 0.6 is 11.5 Å². The number of rotatable bonds is 4. The van der Waals surface area contributed by atoms with E-state index in [0.717, 1.165) is 10.1 Å². The molecular formula is C21H21N3O3S. The Bertz CT molecular complexity index is 981. The maximum atomic E-state index is 12.9. The number of hydrogen-bond acceptors (Lipinski definition) is 5. The maximum absolute atomic E-state index is 12.9. The molecule has 7 heteroatoms. The highest BCUT2D eigenvalue weighted by Gasteiger charge is 2.29. The summed E-state index contributed by atoms with van der Waals surface area (Å²) in [5, 5.41) is 0.890. The van der Waals surface area contributed by atoms with E-state index in [1.54, 1.807) is 16.7 Å². The van der Waals surface area contributed by atoms with Gasteiger partial charge in [0.2, 0.25) is 0 Å². The zero-order valence-corrected chi connectivity index (χ0v) is 16.4. The van der Waals surface area contributed by atoms with Crippen LogP contribution in [0.4, 0.5) is 0 Å². The minimum Gasteiger partial charge on any atom is -0.481 e. The predicted molar refractivity (Wildman–Crippen MR) is 109 cm³/mol. The lowest BCUT2D eigenvalue weighted by Gasteiger charge is -2.35. The molecule has 0 radical (unpaired) electrons. The van der Waals surface area contributed by atoms with E-state index in [-0.39, 0.29) is 11.8 Å².